The largest absolute Gasteiger partial charge is 0.356 e. The highest BCUT2D eigenvalue weighted by atomic mass is 16.2. The lowest BCUT2D eigenvalue weighted by atomic mass is 9.96. The van der Waals surface area contributed by atoms with Crippen LogP contribution < -0.4 is 10.6 Å². The van der Waals surface area contributed by atoms with E-state index in [1.54, 1.807) is 12.5 Å². The van der Waals surface area contributed by atoms with E-state index in [1.165, 1.54) is 0 Å². The minimum absolute atomic E-state index is 0.00497. The molecular weight excluding hydrogens is 244 g/mol. The zero-order chi connectivity index (χ0) is 14.3. The van der Waals surface area contributed by atoms with Crippen LogP contribution in [0.4, 0.5) is 0 Å². The van der Waals surface area contributed by atoms with Crippen LogP contribution in [0.15, 0.2) is 12.5 Å². The lowest BCUT2D eigenvalue weighted by Crippen LogP contribution is -2.35. The van der Waals surface area contributed by atoms with Crippen LogP contribution in [0.25, 0.3) is 0 Å². The van der Waals surface area contributed by atoms with E-state index in [0.29, 0.717) is 25.9 Å². The fourth-order valence-corrected chi connectivity index (χ4v) is 1.38. The zero-order valence-electron chi connectivity index (χ0n) is 11.7. The van der Waals surface area contributed by atoms with Crippen LogP contribution in [0.2, 0.25) is 0 Å². The van der Waals surface area contributed by atoms with Crippen LogP contribution in [0.5, 0.6) is 0 Å². The molecule has 19 heavy (non-hydrogen) atoms. The van der Waals surface area contributed by atoms with Crippen molar-refractivity contribution in [3.05, 3.63) is 18.2 Å². The Morgan fingerprint density at radius 2 is 2.05 bits per heavy atom. The predicted molar refractivity (Wildman–Crippen MR) is 72.1 cm³/mol. The molecule has 1 heterocycles. The summed E-state index contributed by atoms with van der Waals surface area (Å²) in [5.41, 5.74) is 0.484. The summed E-state index contributed by atoms with van der Waals surface area (Å²) in [5, 5.41) is 5.59. The number of imidazole rings is 1. The average Bonchev–Trinajstić information content (AvgIpc) is 2.83. The van der Waals surface area contributed by atoms with Crippen molar-refractivity contribution < 1.29 is 9.59 Å². The number of amides is 2. The fourth-order valence-electron chi connectivity index (χ4n) is 1.38. The Hall–Kier alpha value is -1.85. The van der Waals surface area contributed by atoms with Gasteiger partial charge in [-0.3, -0.25) is 9.59 Å². The second-order valence-corrected chi connectivity index (χ2v) is 5.46. The maximum absolute atomic E-state index is 11.6. The summed E-state index contributed by atoms with van der Waals surface area (Å²) >= 11 is 0. The molecule has 0 saturated heterocycles. The molecule has 0 bridgehead atoms. The molecule has 0 saturated carbocycles. The Morgan fingerprint density at radius 3 is 2.63 bits per heavy atom. The highest BCUT2D eigenvalue weighted by Crippen LogP contribution is 2.12. The van der Waals surface area contributed by atoms with Crippen molar-refractivity contribution in [2.45, 2.75) is 40.2 Å². The van der Waals surface area contributed by atoms with Crippen LogP contribution in [0, 0.1) is 5.41 Å². The van der Waals surface area contributed by atoms with Gasteiger partial charge in [-0.05, 0) is 6.42 Å². The summed E-state index contributed by atoms with van der Waals surface area (Å²) in [6.07, 6.45) is 4.28. The molecule has 106 valence electrons. The molecule has 6 nitrogen and oxygen atoms in total. The number of nitrogens with one attached hydrogen (secondary N) is 3. The minimum atomic E-state index is -0.386. The van der Waals surface area contributed by atoms with E-state index in [4.69, 9.17) is 0 Å². The lowest BCUT2D eigenvalue weighted by Gasteiger charge is -2.17. The van der Waals surface area contributed by atoms with Crippen molar-refractivity contribution in [1.29, 1.82) is 0 Å². The highest BCUT2D eigenvalue weighted by molar-refractivity contribution is 5.81. The molecule has 3 N–H and O–H groups in total. The van der Waals surface area contributed by atoms with E-state index < -0.39 is 0 Å². The molecule has 0 aromatic carbocycles. The third-order valence-corrected chi connectivity index (χ3v) is 2.58. The van der Waals surface area contributed by atoms with Gasteiger partial charge >= 0.3 is 0 Å². The third-order valence-electron chi connectivity index (χ3n) is 2.58. The standard InChI is InChI=1S/C13H22N4O2/c1-13(2,3)12(19)15-6-4-5-11(18)16-8-10-7-14-9-17-10/h7,9H,4-6,8H2,1-3H3,(H,14,17)(H,15,19)(H,16,18). The topological polar surface area (TPSA) is 86.9 Å². The van der Waals surface area contributed by atoms with Crippen molar-refractivity contribution >= 4 is 11.8 Å². The number of H-pyrrole nitrogens is 1. The number of nitrogens with zero attached hydrogens (tertiary/aromatic N) is 1. The zero-order valence-corrected chi connectivity index (χ0v) is 11.7. The molecule has 0 unspecified atom stereocenters. The molecular formula is C13H22N4O2. The van der Waals surface area contributed by atoms with Crippen LogP contribution in [0.3, 0.4) is 0 Å². The fraction of sp³-hybridized carbons (Fsp3) is 0.615. The number of rotatable bonds is 6. The first kappa shape index (κ1) is 15.2. The van der Waals surface area contributed by atoms with Gasteiger partial charge in [0.1, 0.15) is 0 Å². The Labute approximate surface area is 113 Å². The third kappa shape index (κ3) is 6.03. The summed E-state index contributed by atoms with van der Waals surface area (Å²) in [4.78, 5) is 29.9. The van der Waals surface area contributed by atoms with Gasteiger partial charge in [-0.15, -0.1) is 0 Å². The SMILES string of the molecule is CC(C)(C)C(=O)NCCCC(=O)NCc1cnc[nH]1. The van der Waals surface area contributed by atoms with Crippen molar-refractivity contribution in [2.24, 2.45) is 5.41 Å². The highest BCUT2D eigenvalue weighted by Gasteiger charge is 2.20. The summed E-state index contributed by atoms with van der Waals surface area (Å²) < 4.78 is 0. The Kier molecular flexibility index (Phi) is 5.54. The second-order valence-electron chi connectivity index (χ2n) is 5.46. The van der Waals surface area contributed by atoms with E-state index in [2.05, 4.69) is 20.6 Å². The average molecular weight is 266 g/mol. The van der Waals surface area contributed by atoms with Gasteiger partial charge in [0.05, 0.1) is 18.6 Å². The van der Waals surface area contributed by atoms with E-state index >= 15 is 0 Å². The molecule has 2 amide bonds. The van der Waals surface area contributed by atoms with Crippen LogP contribution in [0.1, 0.15) is 39.3 Å². The quantitative estimate of drug-likeness (QED) is 0.670. The number of hydrogen-bond donors (Lipinski definition) is 3. The number of aromatic nitrogens is 2. The van der Waals surface area contributed by atoms with Gasteiger partial charge in [-0.2, -0.15) is 0 Å². The Morgan fingerprint density at radius 1 is 1.32 bits per heavy atom. The molecule has 6 heteroatoms. The summed E-state index contributed by atoms with van der Waals surface area (Å²) in [5.74, 6) is -0.0232. The van der Waals surface area contributed by atoms with Crippen molar-refractivity contribution in [3.63, 3.8) is 0 Å². The van der Waals surface area contributed by atoms with Crippen LogP contribution in [-0.4, -0.2) is 28.3 Å². The van der Waals surface area contributed by atoms with Crippen molar-refractivity contribution in [2.75, 3.05) is 6.54 Å². The number of carbonyl (C=O) groups is 2. The number of aromatic amines is 1. The number of hydrogen-bond acceptors (Lipinski definition) is 3. The van der Waals surface area contributed by atoms with E-state index in [0.717, 1.165) is 5.69 Å². The molecule has 0 radical (unpaired) electrons. The molecule has 0 aliphatic rings. The monoisotopic (exact) mass is 266 g/mol. The molecule has 0 spiro atoms. The van der Waals surface area contributed by atoms with Gasteiger partial charge in [-0.25, -0.2) is 4.98 Å². The van der Waals surface area contributed by atoms with Crippen molar-refractivity contribution in [3.8, 4) is 0 Å². The van der Waals surface area contributed by atoms with Gasteiger partial charge in [0, 0.05) is 24.6 Å². The van der Waals surface area contributed by atoms with E-state index in [-0.39, 0.29) is 17.2 Å². The lowest BCUT2D eigenvalue weighted by molar-refractivity contribution is -0.128. The van der Waals surface area contributed by atoms with Crippen LogP contribution >= 0.6 is 0 Å². The predicted octanol–water partition coefficient (Wildman–Crippen LogP) is 0.968. The van der Waals surface area contributed by atoms with Crippen molar-refractivity contribution in [1.82, 2.24) is 20.6 Å². The van der Waals surface area contributed by atoms with Gasteiger partial charge in [0.2, 0.25) is 11.8 Å². The molecule has 0 atom stereocenters. The first-order valence-corrected chi connectivity index (χ1v) is 6.42. The van der Waals surface area contributed by atoms with Crippen LogP contribution in [-0.2, 0) is 16.1 Å². The normalized spacial score (nSPS) is 11.1. The molecule has 0 aliphatic carbocycles. The molecule has 0 fully saturated rings. The number of carbonyl (C=O) groups excluding carboxylic acids is 2. The first-order chi connectivity index (χ1) is 8.89. The summed E-state index contributed by atoms with van der Waals surface area (Å²) in [6.45, 7) is 6.55. The Balaban J connectivity index is 2.09. The van der Waals surface area contributed by atoms with Gasteiger partial charge in [0.15, 0.2) is 0 Å². The maximum Gasteiger partial charge on any atom is 0.225 e. The van der Waals surface area contributed by atoms with Gasteiger partial charge < -0.3 is 15.6 Å². The molecule has 1 aromatic heterocycles. The van der Waals surface area contributed by atoms with Gasteiger partial charge in [0.25, 0.3) is 0 Å². The maximum atomic E-state index is 11.6. The smallest absolute Gasteiger partial charge is 0.225 e. The minimum Gasteiger partial charge on any atom is -0.356 e. The summed E-state index contributed by atoms with van der Waals surface area (Å²) in [6, 6.07) is 0. The molecule has 1 rings (SSSR count). The summed E-state index contributed by atoms with van der Waals surface area (Å²) in [7, 11) is 0. The Bertz CT molecular complexity index is 407. The molecule has 1 aromatic rings. The van der Waals surface area contributed by atoms with Gasteiger partial charge in [-0.1, -0.05) is 20.8 Å². The van der Waals surface area contributed by atoms with E-state index in [9.17, 15) is 9.59 Å². The molecule has 0 aliphatic heterocycles. The van der Waals surface area contributed by atoms with E-state index in [1.807, 2.05) is 20.8 Å². The second kappa shape index (κ2) is 6.92. The first-order valence-electron chi connectivity index (χ1n) is 6.42.